The summed E-state index contributed by atoms with van der Waals surface area (Å²) in [5.74, 6) is 0. The minimum Gasteiger partial charge on any atom is -0.385 e. The Morgan fingerprint density at radius 3 is 2.76 bits per heavy atom. The molecule has 17 heavy (non-hydrogen) atoms. The zero-order chi connectivity index (χ0) is 12.7. The van der Waals surface area contributed by atoms with Gasteiger partial charge in [0, 0.05) is 38.4 Å². The molecule has 1 atom stereocenters. The van der Waals surface area contributed by atoms with Crippen molar-refractivity contribution in [2.45, 2.75) is 45.7 Å². The minimum atomic E-state index is 0.460. The van der Waals surface area contributed by atoms with Crippen molar-refractivity contribution in [3.63, 3.8) is 0 Å². The van der Waals surface area contributed by atoms with Gasteiger partial charge in [-0.25, -0.2) is 0 Å². The van der Waals surface area contributed by atoms with Gasteiger partial charge in [0.1, 0.15) is 0 Å². The fraction of sp³-hybridized carbons (Fsp3) is 0.769. The molecule has 0 fully saturated rings. The van der Waals surface area contributed by atoms with Crippen molar-refractivity contribution in [2.75, 3.05) is 20.8 Å². The molecule has 0 aliphatic heterocycles. The van der Waals surface area contributed by atoms with Gasteiger partial charge < -0.3 is 10.1 Å². The van der Waals surface area contributed by atoms with Crippen LogP contribution in [0.3, 0.4) is 0 Å². The molecule has 0 aromatic carbocycles. The Hall–Kier alpha value is -0.870. The first-order valence-electron chi connectivity index (χ1n) is 6.46. The van der Waals surface area contributed by atoms with E-state index >= 15 is 0 Å². The third-order valence-electron chi connectivity index (χ3n) is 3.11. The van der Waals surface area contributed by atoms with Crippen LogP contribution in [0.15, 0.2) is 6.07 Å². The summed E-state index contributed by atoms with van der Waals surface area (Å²) in [5.41, 5.74) is 2.50. The Kier molecular flexibility index (Phi) is 6.22. The van der Waals surface area contributed by atoms with Crippen molar-refractivity contribution in [1.82, 2.24) is 15.1 Å². The number of nitrogens with zero attached hydrogens (tertiary/aromatic N) is 2. The van der Waals surface area contributed by atoms with Gasteiger partial charge in [0.2, 0.25) is 0 Å². The summed E-state index contributed by atoms with van der Waals surface area (Å²) in [5, 5.41) is 7.92. The van der Waals surface area contributed by atoms with Crippen LogP contribution in [0.25, 0.3) is 0 Å². The van der Waals surface area contributed by atoms with E-state index in [0.29, 0.717) is 6.04 Å². The number of rotatable bonds is 8. The highest BCUT2D eigenvalue weighted by Gasteiger charge is 2.12. The second-order valence-corrected chi connectivity index (χ2v) is 4.27. The molecule has 0 amide bonds. The summed E-state index contributed by atoms with van der Waals surface area (Å²) in [4.78, 5) is 0. The predicted octanol–water partition coefficient (Wildman–Crippen LogP) is 1.63. The number of nitrogens with one attached hydrogen (secondary N) is 1. The molecule has 0 saturated heterocycles. The van der Waals surface area contributed by atoms with Crippen LogP contribution in [0.1, 0.15) is 31.7 Å². The number of methoxy groups -OCH3 is 1. The van der Waals surface area contributed by atoms with Crippen LogP contribution < -0.4 is 5.32 Å². The highest BCUT2D eigenvalue weighted by molar-refractivity contribution is 5.12. The second-order valence-electron chi connectivity index (χ2n) is 4.27. The van der Waals surface area contributed by atoms with Crippen LogP contribution in [0.4, 0.5) is 0 Å². The zero-order valence-corrected chi connectivity index (χ0v) is 11.5. The van der Waals surface area contributed by atoms with Gasteiger partial charge in [-0.05, 0) is 32.9 Å². The van der Waals surface area contributed by atoms with Crippen molar-refractivity contribution in [1.29, 1.82) is 0 Å². The lowest BCUT2D eigenvalue weighted by Crippen LogP contribution is -2.29. The summed E-state index contributed by atoms with van der Waals surface area (Å²) >= 11 is 0. The van der Waals surface area contributed by atoms with E-state index in [0.717, 1.165) is 32.4 Å². The Bertz CT molecular complexity index is 322. The molecule has 1 unspecified atom stereocenters. The molecular weight excluding hydrogens is 214 g/mol. The molecule has 0 radical (unpaired) electrons. The van der Waals surface area contributed by atoms with Crippen LogP contribution >= 0.6 is 0 Å². The van der Waals surface area contributed by atoms with Crippen LogP contribution in [-0.2, 0) is 24.1 Å². The van der Waals surface area contributed by atoms with E-state index in [4.69, 9.17) is 4.74 Å². The Morgan fingerprint density at radius 1 is 1.47 bits per heavy atom. The average Bonchev–Trinajstić information content (AvgIpc) is 2.76. The molecular formula is C13H25N3O. The highest BCUT2D eigenvalue weighted by atomic mass is 16.5. The number of ether oxygens (including phenoxy) is 1. The largest absolute Gasteiger partial charge is 0.385 e. The number of hydrogen-bond acceptors (Lipinski definition) is 3. The summed E-state index contributed by atoms with van der Waals surface area (Å²) < 4.78 is 7.24. The first kappa shape index (κ1) is 14.2. The maximum atomic E-state index is 5.13. The Labute approximate surface area is 104 Å². The number of aryl methyl sites for hydroxylation is 2. The van der Waals surface area contributed by atoms with Gasteiger partial charge in [0.25, 0.3) is 0 Å². The average molecular weight is 239 g/mol. The fourth-order valence-corrected chi connectivity index (χ4v) is 1.99. The van der Waals surface area contributed by atoms with E-state index in [-0.39, 0.29) is 0 Å². The lowest BCUT2D eigenvalue weighted by atomic mass is 10.1. The number of aromatic nitrogens is 2. The number of likely N-dealkylation sites (N-methyl/N-ethyl adjacent to an activating group) is 1. The fourth-order valence-electron chi connectivity index (χ4n) is 1.99. The molecule has 1 N–H and O–H groups in total. The van der Waals surface area contributed by atoms with E-state index < -0.39 is 0 Å². The second kappa shape index (κ2) is 7.45. The lowest BCUT2D eigenvalue weighted by Gasteiger charge is -2.16. The summed E-state index contributed by atoms with van der Waals surface area (Å²) in [7, 11) is 3.76. The van der Waals surface area contributed by atoms with Crippen molar-refractivity contribution >= 4 is 0 Å². The van der Waals surface area contributed by atoms with Gasteiger partial charge in [-0.15, -0.1) is 0 Å². The summed E-state index contributed by atoms with van der Waals surface area (Å²) in [6.07, 6.45) is 3.05. The summed E-state index contributed by atoms with van der Waals surface area (Å²) in [6.45, 7) is 6.02. The first-order valence-corrected chi connectivity index (χ1v) is 6.46. The van der Waals surface area contributed by atoms with Gasteiger partial charge >= 0.3 is 0 Å². The Balaban J connectivity index is 2.67. The van der Waals surface area contributed by atoms with E-state index in [1.807, 2.05) is 7.05 Å². The predicted molar refractivity (Wildman–Crippen MR) is 70.3 cm³/mol. The highest BCUT2D eigenvalue weighted by Crippen LogP contribution is 2.10. The molecule has 1 aromatic rings. The standard InChI is InChI=1S/C13H25N3O/c1-5-11-9-13(16(6-2)15-11)10-12(14-3)7-8-17-4/h9,12,14H,5-8,10H2,1-4H3. The molecule has 1 heterocycles. The smallest absolute Gasteiger partial charge is 0.0624 e. The molecule has 98 valence electrons. The van der Waals surface area contributed by atoms with Gasteiger partial charge in [-0.2, -0.15) is 5.10 Å². The SMILES string of the molecule is CCc1cc(CC(CCOC)NC)n(CC)n1. The van der Waals surface area contributed by atoms with Crippen LogP contribution in [0.2, 0.25) is 0 Å². The molecule has 0 saturated carbocycles. The third-order valence-corrected chi connectivity index (χ3v) is 3.11. The van der Waals surface area contributed by atoms with E-state index in [2.05, 4.69) is 35.0 Å². The summed E-state index contributed by atoms with van der Waals surface area (Å²) in [6, 6.07) is 2.68. The van der Waals surface area contributed by atoms with Crippen molar-refractivity contribution in [3.05, 3.63) is 17.5 Å². The molecule has 0 aliphatic rings. The van der Waals surface area contributed by atoms with Crippen LogP contribution in [-0.4, -0.2) is 36.6 Å². The molecule has 0 bridgehead atoms. The third kappa shape index (κ3) is 4.13. The van der Waals surface area contributed by atoms with Crippen molar-refractivity contribution in [3.8, 4) is 0 Å². The molecule has 4 nitrogen and oxygen atoms in total. The first-order chi connectivity index (χ1) is 8.24. The molecule has 0 aliphatic carbocycles. The maximum Gasteiger partial charge on any atom is 0.0624 e. The quantitative estimate of drug-likeness (QED) is 0.749. The Morgan fingerprint density at radius 2 is 2.24 bits per heavy atom. The van der Waals surface area contributed by atoms with Gasteiger partial charge in [0.05, 0.1) is 5.69 Å². The van der Waals surface area contributed by atoms with Gasteiger partial charge in [-0.1, -0.05) is 6.92 Å². The van der Waals surface area contributed by atoms with Crippen LogP contribution in [0.5, 0.6) is 0 Å². The zero-order valence-electron chi connectivity index (χ0n) is 11.5. The maximum absolute atomic E-state index is 5.13. The van der Waals surface area contributed by atoms with Gasteiger partial charge in [0.15, 0.2) is 0 Å². The van der Waals surface area contributed by atoms with E-state index in [9.17, 15) is 0 Å². The normalized spacial score (nSPS) is 12.9. The monoisotopic (exact) mass is 239 g/mol. The molecule has 0 spiro atoms. The lowest BCUT2D eigenvalue weighted by molar-refractivity contribution is 0.183. The van der Waals surface area contributed by atoms with E-state index in [1.54, 1.807) is 7.11 Å². The van der Waals surface area contributed by atoms with Gasteiger partial charge in [-0.3, -0.25) is 4.68 Å². The molecule has 4 heteroatoms. The number of hydrogen-bond donors (Lipinski definition) is 1. The molecule has 1 rings (SSSR count). The van der Waals surface area contributed by atoms with Crippen molar-refractivity contribution in [2.24, 2.45) is 0 Å². The minimum absolute atomic E-state index is 0.460. The van der Waals surface area contributed by atoms with Crippen molar-refractivity contribution < 1.29 is 4.74 Å². The van der Waals surface area contributed by atoms with E-state index in [1.165, 1.54) is 11.4 Å². The van der Waals surface area contributed by atoms with Crippen LogP contribution in [0, 0.1) is 0 Å². The molecule has 1 aromatic heterocycles. The topological polar surface area (TPSA) is 39.1 Å².